The maximum absolute atomic E-state index is 4.84. The van der Waals surface area contributed by atoms with E-state index in [9.17, 15) is 0 Å². The largest absolute Gasteiger partial charge is 0.357 e. The number of hydrogen-bond donors (Lipinski definition) is 1. The number of aryl methyl sites for hydroxylation is 1. The molecule has 2 heterocycles. The lowest BCUT2D eigenvalue weighted by Gasteiger charge is -2.36. The van der Waals surface area contributed by atoms with Gasteiger partial charge in [-0.05, 0) is 19.4 Å². The molecule has 1 aliphatic heterocycles. The first-order valence-electron chi connectivity index (χ1n) is 9.62. The fourth-order valence-electron chi connectivity index (χ4n) is 3.09. The van der Waals surface area contributed by atoms with Gasteiger partial charge in [-0.2, -0.15) is 0 Å². The van der Waals surface area contributed by atoms with Gasteiger partial charge in [0.25, 0.3) is 0 Å². The van der Waals surface area contributed by atoms with Gasteiger partial charge < -0.3 is 10.2 Å². The molecule has 1 aromatic heterocycles. The molecule has 5 nitrogen and oxygen atoms in total. The Morgan fingerprint density at radius 2 is 1.96 bits per heavy atom. The van der Waals surface area contributed by atoms with Gasteiger partial charge in [0.2, 0.25) is 0 Å². The zero-order valence-electron chi connectivity index (χ0n) is 16.7. The highest BCUT2D eigenvalue weighted by Crippen LogP contribution is 2.13. The van der Waals surface area contributed by atoms with E-state index in [-0.39, 0.29) is 24.0 Å². The number of halogens is 1. The summed E-state index contributed by atoms with van der Waals surface area (Å²) in [5.74, 6) is 1.02. The van der Waals surface area contributed by atoms with Crippen LogP contribution in [0.2, 0.25) is 0 Å². The summed E-state index contributed by atoms with van der Waals surface area (Å²) in [4.78, 5) is 15.3. The predicted molar refractivity (Wildman–Crippen MR) is 131 cm³/mol. The summed E-state index contributed by atoms with van der Waals surface area (Å²) in [6, 6.07) is 10.5. The van der Waals surface area contributed by atoms with Crippen LogP contribution < -0.4 is 5.32 Å². The fraction of sp³-hybridized carbons (Fsp3) is 0.429. The molecule has 0 spiro atoms. The van der Waals surface area contributed by atoms with Crippen molar-refractivity contribution in [1.29, 1.82) is 0 Å². The molecule has 0 radical (unpaired) electrons. The fourth-order valence-corrected chi connectivity index (χ4v) is 3.80. The Labute approximate surface area is 189 Å². The monoisotopic (exact) mass is 511 g/mol. The average molecular weight is 511 g/mol. The lowest BCUT2D eigenvalue weighted by atomic mass is 10.2. The van der Waals surface area contributed by atoms with E-state index in [1.165, 1.54) is 10.4 Å². The van der Waals surface area contributed by atoms with Crippen LogP contribution in [0.4, 0.5) is 0 Å². The van der Waals surface area contributed by atoms with Gasteiger partial charge in [0.05, 0.1) is 17.7 Å². The van der Waals surface area contributed by atoms with Crippen LogP contribution in [0.3, 0.4) is 0 Å². The highest BCUT2D eigenvalue weighted by atomic mass is 127. The minimum absolute atomic E-state index is 0. The Bertz CT molecular complexity index is 751. The molecule has 7 heteroatoms. The van der Waals surface area contributed by atoms with Crippen molar-refractivity contribution in [3.05, 3.63) is 58.1 Å². The van der Waals surface area contributed by atoms with Crippen molar-refractivity contribution in [3.63, 3.8) is 0 Å². The Kier molecular flexibility index (Phi) is 9.94. The number of thiazole rings is 1. The van der Waals surface area contributed by atoms with Crippen molar-refractivity contribution in [2.24, 2.45) is 4.99 Å². The van der Waals surface area contributed by atoms with Crippen LogP contribution in [0.5, 0.6) is 0 Å². The first-order valence-corrected chi connectivity index (χ1v) is 10.5. The number of piperazine rings is 1. The van der Waals surface area contributed by atoms with E-state index >= 15 is 0 Å². The smallest absolute Gasteiger partial charge is 0.194 e. The third-order valence-corrected chi connectivity index (χ3v) is 5.62. The average Bonchev–Trinajstić information content (AvgIpc) is 3.11. The molecule has 0 unspecified atom stereocenters. The van der Waals surface area contributed by atoms with Gasteiger partial charge in [-0.15, -0.1) is 35.3 Å². The van der Waals surface area contributed by atoms with Gasteiger partial charge >= 0.3 is 0 Å². The van der Waals surface area contributed by atoms with Crippen LogP contribution in [0.15, 0.2) is 46.9 Å². The molecule has 0 saturated carbocycles. The molecule has 0 amide bonds. The summed E-state index contributed by atoms with van der Waals surface area (Å²) in [7, 11) is 0. The summed E-state index contributed by atoms with van der Waals surface area (Å²) in [6.07, 6.45) is 4.46. The third kappa shape index (κ3) is 6.86. The van der Waals surface area contributed by atoms with Crippen LogP contribution in [0.25, 0.3) is 6.08 Å². The second-order valence-corrected chi connectivity index (χ2v) is 7.57. The van der Waals surface area contributed by atoms with Crippen LogP contribution in [-0.2, 0) is 6.54 Å². The van der Waals surface area contributed by atoms with Gasteiger partial charge in [0.1, 0.15) is 0 Å². The van der Waals surface area contributed by atoms with Gasteiger partial charge in [-0.3, -0.25) is 4.90 Å². The molecular formula is C21H30IN5S. The van der Waals surface area contributed by atoms with Crippen molar-refractivity contribution in [2.45, 2.75) is 20.4 Å². The van der Waals surface area contributed by atoms with Gasteiger partial charge in [0, 0.05) is 44.1 Å². The van der Waals surface area contributed by atoms with E-state index in [2.05, 4.69) is 76.4 Å². The molecule has 152 valence electrons. The highest BCUT2D eigenvalue weighted by molar-refractivity contribution is 14.0. The van der Waals surface area contributed by atoms with Gasteiger partial charge in [-0.25, -0.2) is 9.98 Å². The van der Waals surface area contributed by atoms with Crippen molar-refractivity contribution in [1.82, 2.24) is 20.1 Å². The number of aromatic nitrogens is 1. The Hall–Kier alpha value is -1.45. The SMILES string of the molecule is CCNC(=NCc1scnc1C)N1CCN(C/C=C/c2ccccc2)CC1.I. The van der Waals surface area contributed by atoms with Gasteiger partial charge in [0.15, 0.2) is 5.96 Å². The standard InChI is InChI=1S/C21H29N5S.HI/c1-3-22-21(23-16-20-18(2)24-17-27-20)26-14-12-25(13-15-26)11-7-10-19-8-5-4-6-9-19;/h4-10,17H,3,11-16H2,1-2H3,(H,22,23);1H/b10-7+;. The number of nitrogens with zero attached hydrogens (tertiary/aromatic N) is 4. The summed E-state index contributed by atoms with van der Waals surface area (Å²) in [6.45, 7) is 10.9. The Morgan fingerprint density at radius 1 is 1.21 bits per heavy atom. The van der Waals surface area contributed by atoms with Crippen LogP contribution in [0, 0.1) is 6.92 Å². The number of benzene rings is 1. The molecule has 28 heavy (non-hydrogen) atoms. The van der Waals surface area contributed by atoms with E-state index in [1.54, 1.807) is 11.3 Å². The first-order chi connectivity index (χ1) is 13.3. The quantitative estimate of drug-likeness (QED) is 0.364. The summed E-state index contributed by atoms with van der Waals surface area (Å²) in [5.41, 5.74) is 4.25. The first kappa shape index (κ1) is 22.8. The zero-order valence-corrected chi connectivity index (χ0v) is 19.8. The molecule has 0 bridgehead atoms. The highest BCUT2D eigenvalue weighted by Gasteiger charge is 2.18. The number of hydrogen-bond acceptors (Lipinski definition) is 4. The summed E-state index contributed by atoms with van der Waals surface area (Å²) >= 11 is 1.68. The van der Waals surface area contributed by atoms with E-state index in [4.69, 9.17) is 4.99 Å². The number of guanidine groups is 1. The Morgan fingerprint density at radius 3 is 2.61 bits per heavy atom. The van der Waals surface area contributed by atoms with Crippen molar-refractivity contribution in [2.75, 3.05) is 39.3 Å². The van der Waals surface area contributed by atoms with E-state index in [1.807, 2.05) is 5.51 Å². The lowest BCUT2D eigenvalue weighted by Crippen LogP contribution is -2.52. The van der Waals surface area contributed by atoms with Crippen LogP contribution >= 0.6 is 35.3 Å². The molecule has 3 rings (SSSR count). The topological polar surface area (TPSA) is 43.8 Å². The molecule has 1 fully saturated rings. The number of rotatable bonds is 6. The van der Waals surface area contributed by atoms with Crippen LogP contribution in [0.1, 0.15) is 23.1 Å². The molecular weight excluding hydrogens is 481 g/mol. The molecule has 2 aromatic rings. The molecule has 1 aliphatic rings. The zero-order chi connectivity index (χ0) is 18.9. The van der Waals surface area contributed by atoms with E-state index in [0.717, 1.165) is 50.9 Å². The number of nitrogens with one attached hydrogen (secondary N) is 1. The van der Waals surface area contributed by atoms with Crippen LogP contribution in [-0.4, -0.2) is 60.0 Å². The molecule has 0 aliphatic carbocycles. The maximum Gasteiger partial charge on any atom is 0.194 e. The minimum atomic E-state index is 0. The molecule has 1 aromatic carbocycles. The molecule has 1 saturated heterocycles. The normalized spacial score (nSPS) is 15.6. The van der Waals surface area contributed by atoms with E-state index < -0.39 is 0 Å². The van der Waals surface area contributed by atoms with Crippen molar-refractivity contribution in [3.8, 4) is 0 Å². The van der Waals surface area contributed by atoms with Crippen molar-refractivity contribution >= 4 is 47.3 Å². The second kappa shape index (κ2) is 12.2. The Balaban J connectivity index is 0.00000280. The van der Waals surface area contributed by atoms with E-state index in [0.29, 0.717) is 6.54 Å². The third-order valence-electron chi connectivity index (χ3n) is 4.70. The second-order valence-electron chi connectivity index (χ2n) is 6.63. The predicted octanol–water partition coefficient (Wildman–Crippen LogP) is 3.87. The van der Waals surface area contributed by atoms with Gasteiger partial charge in [-0.1, -0.05) is 42.5 Å². The molecule has 1 N–H and O–H groups in total. The molecule has 0 atom stereocenters. The maximum atomic E-state index is 4.84. The summed E-state index contributed by atoms with van der Waals surface area (Å²) in [5, 5.41) is 3.44. The summed E-state index contributed by atoms with van der Waals surface area (Å²) < 4.78 is 0. The van der Waals surface area contributed by atoms with Crippen molar-refractivity contribution < 1.29 is 0 Å². The number of aliphatic imine (C=N–C) groups is 1. The lowest BCUT2D eigenvalue weighted by molar-refractivity contribution is 0.194. The minimum Gasteiger partial charge on any atom is -0.357 e.